The molecular formula is C25H30Br2Zr. The van der Waals surface area contributed by atoms with Gasteiger partial charge in [-0.15, -0.1) is 0 Å². The zero-order valence-electron chi connectivity index (χ0n) is 17.6. The first-order chi connectivity index (χ1) is 12.5. The summed E-state index contributed by atoms with van der Waals surface area (Å²) < 4.78 is 2.67. The van der Waals surface area contributed by atoms with Crippen molar-refractivity contribution in [2.75, 3.05) is 0 Å². The number of hydrogen-bond acceptors (Lipinski definition) is 0. The second-order valence-corrected chi connectivity index (χ2v) is 11.8. The Labute approximate surface area is 203 Å². The molecule has 0 saturated heterocycles. The van der Waals surface area contributed by atoms with Crippen molar-refractivity contribution in [3.63, 3.8) is 0 Å². The van der Waals surface area contributed by atoms with Gasteiger partial charge in [0.2, 0.25) is 0 Å². The van der Waals surface area contributed by atoms with Gasteiger partial charge in [0.25, 0.3) is 0 Å². The van der Waals surface area contributed by atoms with Gasteiger partial charge in [-0.1, -0.05) is 0 Å². The summed E-state index contributed by atoms with van der Waals surface area (Å²) in [5.41, 5.74) is 11.5. The Morgan fingerprint density at radius 1 is 0.929 bits per heavy atom. The molecule has 0 spiro atoms. The van der Waals surface area contributed by atoms with Gasteiger partial charge in [0, 0.05) is 0 Å². The minimum Gasteiger partial charge on any atom is -1.00 e. The molecule has 0 nitrogen and oxygen atoms in total. The fourth-order valence-corrected chi connectivity index (χ4v) is 9.97. The monoisotopic (exact) mass is 578 g/mol. The van der Waals surface area contributed by atoms with E-state index >= 15 is 0 Å². The van der Waals surface area contributed by atoms with E-state index in [0.717, 1.165) is 3.63 Å². The Bertz CT molecular complexity index is 858. The van der Waals surface area contributed by atoms with Crippen LogP contribution in [0.1, 0.15) is 65.4 Å². The standard InChI is InChI=1S/C16H17.C9H13.2BrH.Zr/c1-12-10-14-8-5-9-15(16(14)11-12)13-6-3-2-4-7-13;1-6-5-7(2)9(4)8(6)3;;;/h2-4,6-7,10-11,15H,5,8-9H2,1H3;6H,1-4H3;2*1H;/q;;;;+2/p-2. The molecule has 28 heavy (non-hydrogen) atoms. The van der Waals surface area contributed by atoms with E-state index in [9.17, 15) is 0 Å². The summed E-state index contributed by atoms with van der Waals surface area (Å²) in [6.45, 7) is 11.9. The van der Waals surface area contributed by atoms with Crippen LogP contribution in [0.3, 0.4) is 0 Å². The van der Waals surface area contributed by atoms with E-state index in [0.29, 0.717) is 11.8 Å². The van der Waals surface area contributed by atoms with Gasteiger partial charge in [-0.25, -0.2) is 0 Å². The summed E-state index contributed by atoms with van der Waals surface area (Å²) in [7, 11) is 0. The summed E-state index contributed by atoms with van der Waals surface area (Å²) in [5, 5.41) is 0. The maximum absolute atomic E-state index is 2.58. The van der Waals surface area contributed by atoms with E-state index < -0.39 is 23.2 Å². The van der Waals surface area contributed by atoms with Crippen molar-refractivity contribution in [2.24, 2.45) is 5.92 Å². The molecular weight excluding hydrogens is 551 g/mol. The summed E-state index contributed by atoms with van der Waals surface area (Å²) in [5.74, 6) is 1.34. The molecule has 0 fully saturated rings. The SMILES string of the molecule is CC1=CC2=C(CCCC2c2ccccc2)[CH]1[Zr+2][C]1=C(C)C(C)=C(C)C1C.[Br-].[Br-]. The van der Waals surface area contributed by atoms with Crippen LogP contribution in [-0.2, 0) is 23.2 Å². The van der Waals surface area contributed by atoms with Crippen LogP contribution in [-0.4, -0.2) is 0 Å². The molecule has 1 aromatic rings. The molecule has 3 unspecified atom stereocenters. The maximum atomic E-state index is 2.58. The number of halogens is 2. The van der Waals surface area contributed by atoms with Crippen molar-refractivity contribution < 1.29 is 57.2 Å². The topological polar surface area (TPSA) is 0 Å². The van der Waals surface area contributed by atoms with Crippen LogP contribution >= 0.6 is 0 Å². The quantitative estimate of drug-likeness (QED) is 0.506. The number of rotatable bonds is 3. The second kappa shape index (κ2) is 9.89. The average Bonchev–Trinajstić information content (AvgIpc) is 3.07. The van der Waals surface area contributed by atoms with Crippen molar-refractivity contribution in [3.8, 4) is 0 Å². The molecule has 3 atom stereocenters. The Kier molecular flexibility index (Phi) is 8.58. The average molecular weight is 582 g/mol. The molecule has 3 aliphatic carbocycles. The van der Waals surface area contributed by atoms with Gasteiger partial charge in [-0.3, -0.25) is 0 Å². The fourth-order valence-electron chi connectivity index (χ4n) is 5.11. The van der Waals surface area contributed by atoms with Crippen LogP contribution in [0.5, 0.6) is 0 Å². The van der Waals surface area contributed by atoms with Crippen LogP contribution in [0.15, 0.2) is 73.1 Å². The van der Waals surface area contributed by atoms with E-state index in [1.165, 1.54) is 24.8 Å². The van der Waals surface area contributed by atoms with Crippen molar-refractivity contribution in [1.82, 2.24) is 0 Å². The zero-order valence-corrected chi connectivity index (χ0v) is 23.2. The molecule has 1 aromatic carbocycles. The van der Waals surface area contributed by atoms with Crippen molar-refractivity contribution in [3.05, 3.63) is 78.7 Å². The van der Waals surface area contributed by atoms with E-state index in [2.05, 4.69) is 71.0 Å². The molecule has 3 heteroatoms. The Hall–Kier alpha value is 0.0231. The largest absolute Gasteiger partial charge is 1.00 e. The van der Waals surface area contributed by atoms with Gasteiger partial charge in [0.05, 0.1) is 0 Å². The molecule has 148 valence electrons. The predicted octanol–water partition coefficient (Wildman–Crippen LogP) is 1.35. The third kappa shape index (κ3) is 4.24. The smallest absolute Gasteiger partial charge is 1.00 e. The van der Waals surface area contributed by atoms with Gasteiger partial charge in [0.1, 0.15) is 0 Å². The van der Waals surface area contributed by atoms with Crippen LogP contribution < -0.4 is 34.0 Å². The molecule has 0 N–H and O–H groups in total. The van der Waals surface area contributed by atoms with E-state index in [1.807, 2.05) is 8.85 Å². The van der Waals surface area contributed by atoms with Crippen LogP contribution in [0.2, 0.25) is 3.63 Å². The van der Waals surface area contributed by atoms with Gasteiger partial charge >= 0.3 is 171 Å². The van der Waals surface area contributed by atoms with Gasteiger partial charge in [-0.05, 0) is 0 Å². The molecule has 3 aliphatic rings. The van der Waals surface area contributed by atoms with E-state index in [1.54, 1.807) is 27.9 Å². The van der Waals surface area contributed by atoms with Gasteiger partial charge in [-0.2, -0.15) is 0 Å². The third-order valence-corrected chi connectivity index (χ3v) is 12.5. The molecule has 0 radical (unpaired) electrons. The van der Waals surface area contributed by atoms with E-state index in [-0.39, 0.29) is 34.0 Å². The van der Waals surface area contributed by atoms with Crippen LogP contribution in [0.4, 0.5) is 0 Å². The molecule has 0 saturated carbocycles. The molecule has 0 aromatic heterocycles. The Morgan fingerprint density at radius 2 is 1.61 bits per heavy atom. The fraction of sp³-hybridized carbons (Fsp3) is 0.440. The summed E-state index contributed by atoms with van der Waals surface area (Å²) in [6, 6.07) is 11.2. The predicted molar refractivity (Wildman–Crippen MR) is 108 cm³/mol. The van der Waals surface area contributed by atoms with Gasteiger partial charge in [0.15, 0.2) is 0 Å². The maximum Gasteiger partial charge on any atom is -1.00 e. The first kappa shape index (κ1) is 24.3. The van der Waals surface area contributed by atoms with Crippen LogP contribution in [0, 0.1) is 5.92 Å². The van der Waals surface area contributed by atoms with Crippen molar-refractivity contribution in [2.45, 2.75) is 63.4 Å². The van der Waals surface area contributed by atoms with Crippen molar-refractivity contribution >= 4 is 0 Å². The summed E-state index contributed by atoms with van der Waals surface area (Å²) >= 11 is -0.640. The minimum absolute atomic E-state index is 0. The number of allylic oxidation sites excluding steroid dienone is 8. The molecule has 4 rings (SSSR count). The molecule has 0 amide bonds. The van der Waals surface area contributed by atoms with Gasteiger partial charge < -0.3 is 34.0 Å². The summed E-state index contributed by atoms with van der Waals surface area (Å²) in [4.78, 5) is 0. The zero-order chi connectivity index (χ0) is 18.4. The molecule has 0 heterocycles. The summed E-state index contributed by atoms with van der Waals surface area (Å²) in [6.07, 6.45) is 6.60. The Balaban J connectivity index is 0.00000140. The normalized spacial score (nSPS) is 26.5. The minimum atomic E-state index is -0.640. The first-order valence-electron chi connectivity index (χ1n) is 10.1. The third-order valence-electron chi connectivity index (χ3n) is 7.01. The second-order valence-electron chi connectivity index (χ2n) is 8.37. The first-order valence-corrected chi connectivity index (χ1v) is 12.7. The number of benzene rings is 1. The number of hydrogen-bond donors (Lipinski definition) is 0. The van der Waals surface area contributed by atoms with Crippen LogP contribution in [0.25, 0.3) is 0 Å². The van der Waals surface area contributed by atoms with E-state index in [4.69, 9.17) is 0 Å². The molecule has 0 bridgehead atoms. The molecule has 0 aliphatic heterocycles. The van der Waals surface area contributed by atoms with Crippen molar-refractivity contribution in [1.29, 1.82) is 0 Å². The Morgan fingerprint density at radius 3 is 2.21 bits per heavy atom.